The first-order valence-electron chi connectivity index (χ1n) is 6.97. The van der Waals surface area contributed by atoms with Crippen LogP contribution < -0.4 is 5.32 Å². The fourth-order valence-electron chi connectivity index (χ4n) is 2.29. The van der Waals surface area contributed by atoms with Crippen molar-refractivity contribution in [2.24, 2.45) is 0 Å². The van der Waals surface area contributed by atoms with Crippen LogP contribution in [0.25, 0.3) is 0 Å². The molecule has 1 aromatic heterocycles. The summed E-state index contributed by atoms with van der Waals surface area (Å²) in [4.78, 5) is 16.6. The van der Waals surface area contributed by atoms with Gasteiger partial charge in [-0.05, 0) is 20.8 Å². The van der Waals surface area contributed by atoms with E-state index in [2.05, 4.69) is 15.5 Å². The average Bonchev–Trinajstić information content (AvgIpc) is 2.88. The summed E-state index contributed by atoms with van der Waals surface area (Å²) in [6.07, 6.45) is 1.79. The molecular weight excluding hydrogens is 260 g/mol. The smallest absolute Gasteiger partial charge is 0.414 e. The van der Waals surface area contributed by atoms with Crippen molar-refractivity contribution < 1.29 is 18.5 Å². The molecule has 0 unspecified atom stereocenters. The zero-order valence-electron chi connectivity index (χ0n) is 12.4. The highest BCUT2D eigenvalue weighted by Gasteiger charge is 2.42. The SMILES string of the molecule is CC(C)(C)OC(=O)[N+]1(CCc2ncno2)CCNCC1. The highest BCUT2D eigenvalue weighted by atomic mass is 16.6. The van der Waals surface area contributed by atoms with Gasteiger partial charge in [0.1, 0.15) is 18.7 Å². The number of nitrogens with one attached hydrogen (secondary N) is 1. The number of rotatable bonds is 3. The molecule has 1 aromatic rings. The second-order valence-electron chi connectivity index (χ2n) is 6.13. The predicted molar refractivity (Wildman–Crippen MR) is 72.0 cm³/mol. The molecule has 2 heterocycles. The number of amides is 1. The van der Waals surface area contributed by atoms with Crippen molar-refractivity contribution in [2.45, 2.75) is 32.8 Å². The topological polar surface area (TPSA) is 77.2 Å². The number of nitrogens with zero attached hydrogens (tertiary/aromatic N) is 3. The Kier molecular flexibility index (Phi) is 4.39. The number of carbonyl (C=O) groups excluding carboxylic acids is 1. The van der Waals surface area contributed by atoms with Crippen LogP contribution in [0.2, 0.25) is 0 Å². The van der Waals surface area contributed by atoms with Gasteiger partial charge in [-0.15, -0.1) is 0 Å². The average molecular weight is 283 g/mol. The lowest BCUT2D eigenvalue weighted by Crippen LogP contribution is -2.63. The summed E-state index contributed by atoms with van der Waals surface area (Å²) in [5.74, 6) is 0.560. The quantitative estimate of drug-likeness (QED) is 0.833. The largest absolute Gasteiger partial charge is 0.516 e. The third-order valence-corrected chi connectivity index (χ3v) is 3.37. The molecule has 1 amide bonds. The Morgan fingerprint density at radius 3 is 2.70 bits per heavy atom. The third-order valence-electron chi connectivity index (χ3n) is 3.37. The molecule has 0 spiro atoms. The molecule has 1 N–H and O–H groups in total. The Morgan fingerprint density at radius 2 is 2.15 bits per heavy atom. The summed E-state index contributed by atoms with van der Waals surface area (Å²) in [5.41, 5.74) is -0.475. The van der Waals surface area contributed by atoms with Gasteiger partial charge in [0.15, 0.2) is 6.33 Å². The Balaban J connectivity index is 2.06. The van der Waals surface area contributed by atoms with Crippen molar-refractivity contribution in [1.82, 2.24) is 15.5 Å². The van der Waals surface area contributed by atoms with E-state index in [1.54, 1.807) is 0 Å². The molecule has 2 rings (SSSR count). The number of hydrogen-bond donors (Lipinski definition) is 1. The summed E-state index contributed by atoms with van der Waals surface area (Å²) in [6.45, 7) is 9.36. The summed E-state index contributed by atoms with van der Waals surface area (Å²) < 4.78 is 10.9. The maximum absolute atomic E-state index is 12.6. The summed E-state index contributed by atoms with van der Waals surface area (Å²) in [5, 5.41) is 6.87. The second kappa shape index (κ2) is 5.88. The minimum Gasteiger partial charge on any atom is -0.414 e. The molecular formula is C13H23N4O3+. The summed E-state index contributed by atoms with van der Waals surface area (Å²) in [6, 6.07) is 0. The molecule has 0 radical (unpaired) electrons. The lowest BCUT2D eigenvalue weighted by atomic mass is 10.2. The molecule has 0 atom stereocenters. The summed E-state index contributed by atoms with van der Waals surface area (Å²) >= 11 is 0. The molecule has 0 aromatic carbocycles. The van der Waals surface area contributed by atoms with Crippen LogP contribution in [-0.2, 0) is 11.2 Å². The molecule has 1 aliphatic rings. The van der Waals surface area contributed by atoms with E-state index in [4.69, 9.17) is 9.26 Å². The molecule has 20 heavy (non-hydrogen) atoms. The molecule has 1 aliphatic heterocycles. The van der Waals surface area contributed by atoms with E-state index in [0.717, 1.165) is 26.2 Å². The molecule has 0 aliphatic carbocycles. The normalized spacial score (nSPS) is 18.8. The number of aromatic nitrogens is 2. The van der Waals surface area contributed by atoms with E-state index in [1.165, 1.54) is 6.33 Å². The van der Waals surface area contributed by atoms with Crippen molar-refractivity contribution in [1.29, 1.82) is 0 Å². The molecule has 7 heteroatoms. The molecule has 0 bridgehead atoms. The van der Waals surface area contributed by atoms with Crippen molar-refractivity contribution in [2.75, 3.05) is 32.7 Å². The van der Waals surface area contributed by atoms with Gasteiger partial charge in [-0.2, -0.15) is 9.78 Å². The van der Waals surface area contributed by atoms with Crippen molar-refractivity contribution >= 4 is 6.09 Å². The fourth-order valence-corrected chi connectivity index (χ4v) is 2.29. The van der Waals surface area contributed by atoms with E-state index in [1.807, 2.05) is 20.8 Å². The Morgan fingerprint density at radius 1 is 1.45 bits per heavy atom. The molecule has 7 nitrogen and oxygen atoms in total. The van der Waals surface area contributed by atoms with E-state index in [0.29, 0.717) is 23.3 Å². The van der Waals surface area contributed by atoms with Crippen LogP contribution >= 0.6 is 0 Å². The fraction of sp³-hybridized carbons (Fsp3) is 0.769. The molecule has 112 valence electrons. The predicted octanol–water partition coefficient (Wildman–Crippen LogP) is 0.967. The standard InChI is InChI=1S/C13H23N4O3/c1-13(2,3)19-12(18)17(8-5-14-6-9-17)7-4-11-15-10-16-20-11/h10,14H,4-9H2,1-3H3/q+1. The maximum atomic E-state index is 12.6. The minimum absolute atomic E-state index is 0.168. The first kappa shape index (κ1) is 14.9. The molecule has 1 saturated heterocycles. The first-order chi connectivity index (χ1) is 9.41. The first-order valence-corrected chi connectivity index (χ1v) is 6.97. The number of quaternary nitrogens is 1. The van der Waals surface area contributed by atoms with E-state index < -0.39 is 5.60 Å². The van der Waals surface area contributed by atoms with Gasteiger partial charge in [0, 0.05) is 13.1 Å². The number of piperazine rings is 1. The van der Waals surface area contributed by atoms with Gasteiger partial charge in [0.25, 0.3) is 0 Å². The van der Waals surface area contributed by atoms with E-state index >= 15 is 0 Å². The minimum atomic E-state index is -0.475. The number of ether oxygens (including phenoxy) is 1. The Bertz CT molecular complexity index is 433. The van der Waals surface area contributed by atoms with Crippen molar-refractivity contribution in [3.05, 3.63) is 12.2 Å². The lowest BCUT2D eigenvalue weighted by Gasteiger charge is -2.38. The van der Waals surface area contributed by atoms with Gasteiger partial charge in [-0.1, -0.05) is 5.16 Å². The lowest BCUT2D eigenvalue weighted by molar-refractivity contribution is -0.860. The van der Waals surface area contributed by atoms with Crippen LogP contribution in [0, 0.1) is 0 Å². The highest BCUT2D eigenvalue weighted by molar-refractivity contribution is 5.60. The summed E-state index contributed by atoms with van der Waals surface area (Å²) in [7, 11) is 0. The Labute approximate surface area is 118 Å². The van der Waals surface area contributed by atoms with Crippen molar-refractivity contribution in [3.63, 3.8) is 0 Å². The number of hydrogen-bond acceptors (Lipinski definition) is 6. The van der Waals surface area contributed by atoms with Gasteiger partial charge in [0.2, 0.25) is 5.89 Å². The van der Waals surface area contributed by atoms with Crippen LogP contribution in [0.4, 0.5) is 4.79 Å². The molecule has 1 fully saturated rings. The number of carbonyl (C=O) groups is 1. The van der Waals surface area contributed by atoms with Crippen LogP contribution in [0.1, 0.15) is 26.7 Å². The van der Waals surface area contributed by atoms with E-state index in [-0.39, 0.29) is 6.09 Å². The van der Waals surface area contributed by atoms with Crippen LogP contribution in [0.5, 0.6) is 0 Å². The van der Waals surface area contributed by atoms with Gasteiger partial charge >= 0.3 is 6.09 Å². The zero-order valence-corrected chi connectivity index (χ0v) is 12.4. The molecule has 0 saturated carbocycles. The maximum Gasteiger partial charge on any atom is 0.516 e. The van der Waals surface area contributed by atoms with Crippen LogP contribution in [-0.4, -0.2) is 59.0 Å². The highest BCUT2D eigenvalue weighted by Crippen LogP contribution is 2.18. The Hall–Kier alpha value is -1.47. The third kappa shape index (κ3) is 3.77. The van der Waals surface area contributed by atoms with Crippen LogP contribution in [0.15, 0.2) is 10.9 Å². The zero-order chi connectivity index (χ0) is 14.6. The van der Waals surface area contributed by atoms with Gasteiger partial charge in [-0.25, -0.2) is 4.48 Å². The van der Waals surface area contributed by atoms with Crippen molar-refractivity contribution in [3.8, 4) is 0 Å². The second-order valence-corrected chi connectivity index (χ2v) is 6.13. The van der Waals surface area contributed by atoms with Gasteiger partial charge < -0.3 is 14.6 Å². The van der Waals surface area contributed by atoms with Gasteiger partial charge in [0.05, 0.1) is 13.0 Å². The monoisotopic (exact) mass is 283 g/mol. The van der Waals surface area contributed by atoms with E-state index in [9.17, 15) is 4.79 Å². The van der Waals surface area contributed by atoms with Gasteiger partial charge in [-0.3, -0.25) is 0 Å². The van der Waals surface area contributed by atoms with Crippen LogP contribution in [0.3, 0.4) is 0 Å².